The highest BCUT2D eigenvalue weighted by molar-refractivity contribution is 5.87. The summed E-state index contributed by atoms with van der Waals surface area (Å²) in [6, 6.07) is 1.53. The SMILES string of the molecule is CC(C)O[C@H]1C[C@H]2CC[C@@H](C1)N2C(=O)[C@@H]1N[C@H]1C1CC1. The zero-order chi connectivity index (χ0) is 13.9. The number of fused-ring (bicyclic) bond motifs is 2. The summed E-state index contributed by atoms with van der Waals surface area (Å²) in [7, 11) is 0. The lowest BCUT2D eigenvalue weighted by Crippen LogP contribution is -2.51. The van der Waals surface area contributed by atoms with Gasteiger partial charge in [0.15, 0.2) is 0 Å². The number of hydrogen-bond donors (Lipinski definition) is 1. The third-order valence-electron chi connectivity index (χ3n) is 5.43. The number of ether oxygens (including phenoxy) is 1. The maximum atomic E-state index is 12.7. The number of amides is 1. The first-order chi connectivity index (χ1) is 9.63. The first-order valence-corrected chi connectivity index (χ1v) is 8.37. The monoisotopic (exact) mass is 278 g/mol. The van der Waals surface area contributed by atoms with Crippen molar-refractivity contribution < 1.29 is 9.53 Å². The molecule has 1 amide bonds. The van der Waals surface area contributed by atoms with Gasteiger partial charge in [-0.2, -0.15) is 0 Å². The van der Waals surface area contributed by atoms with Crippen molar-refractivity contribution >= 4 is 5.91 Å². The Labute approximate surface area is 121 Å². The minimum absolute atomic E-state index is 0.146. The van der Waals surface area contributed by atoms with Gasteiger partial charge in [-0.1, -0.05) is 0 Å². The Morgan fingerprint density at radius 2 is 1.80 bits per heavy atom. The van der Waals surface area contributed by atoms with Crippen molar-refractivity contribution in [3.63, 3.8) is 0 Å². The van der Waals surface area contributed by atoms with Crippen LogP contribution in [0.2, 0.25) is 0 Å². The van der Waals surface area contributed by atoms with Crippen LogP contribution in [0.5, 0.6) is 0 Å². The molecule has 0 radical (unpaired) electrons. The first kappa shape index (κ1) is 13.1. The molecule has 3 heterocycles. The van der Waals surface area contributed by atoms with E-state index in [4.69, 9.17) is 4.74 Å². The van der Waals surface area contributed by atoms with Crippen molar-refractivity contribution in [2.45, 2.75) is 88.7 Å². The zero-order valence-corrected chi connectivity index (χ0v) is 12.5. The van der Waals surface area contributed by atoms with Crippen molar-refractivity contribution in [3.8, 4) is 0 Å². The minimum Gasteiger partial charge on any atom is -0.375 e. The van der Waals surface area contributed by atoms with Gasteiger partial charge in [0.05, 0.1) is 12.2 Å². The fourth-order valence-electron chi connectivity index (χ4n) is 4.38. The maximum Gasteiger partial charge on any atom is 0.241 e. The number of rotatable bonds is 4. The van der Waals surface area contributed by atoms with Crippen LogP contribution < -0.4 is 5.32 Å². The van der Waals surface area contributed by atoms with Gasteiger partial charge >= 0.3 is 0 Å². The molecule has 1 saturated carbocycles. The molecule has 4 fully saturated rings. The Hall–Kier alpha value is -0.610. The van der Waals surface area contributed by atoms with Gasteiger partial charge in [-0.3, -0.25) is 10.1 Å². The third-order valence-corrected chi connectivity index (χ3v) is 5.43. The van der Waals surface area contributed by atoms with Gasteiger partial charge in [-0.25, -0.2) is 0 Å². The fraction of sp³-hybridized carbons (Fsp3) is 0.938. The zero-order valence-electron chi connectivity index (χ0n) is 12.5. The highest BCUT2D eigenvalue weighted by Crippen LogP contribution is 2.43. The second kappa shape index (κ2) is 4.70. The third kappa shape index (κ3) is 2.27. The molecular formula is C16H26N2O2. The number of nitrogens with one attached hydrogen (secondary N) is 1. The van der Waals surface area contributed by atoms with Crippen molar-refractivity contribution in [2.24, 2.45) is 5.92 Å². The van der Waals surface area contributed by atoms with Crippen LogP contribution in [0, 0.1) is 5.92 Å². The first-order valence-electron chi connectivity index (χ1n) is 8.37. The molecule has 112 valence electrons. The number of piperidine rings is 1. The van der Waals surface area contributed by atoms with Gasteiger partial charge in [0, 0.05) is 18.1 Å². The van der Waals surface area contributed by atoms with E-state index in [2.05, 4.69) is 24.1 Å². The molecule has 0 aromatic carbocycles. The van der Waals surface area contributed by atoms with Gasteiger partial charge in [0.2, 0.25) is 5.91 Å². The second-order valence-corrected chi connectivity index (χ2v) is 7.42. The Kier molecular flexibility index (Phi) is 3.08. The molecule has 0 spiro atoms. The van der Waals surface area contributed by atoms with Gasteiger partial charge in [-0.15, -0.1) is 0 Å². The summed E-state index contributed by atoms with van der Waals surface area (Å²) in [6.07, 6.45) is 7.73. The number of carbonyl (C=O) groups excluding carboxylic acids is 1. The normalized spacial score (nSPS) is 43.1. The quantitative estimate of drug-likeness (QED) is 0.796. The highest BCUT2D eigenvalue weighted by atomic mass is 16.5. The van der Waals surface area contributed by atoms with Crippen LogP contribution in [0.25, 0.3) is 0 Å². The molecule has 0 unspecified atom stereocenters. The van der Waals surface area contributed by atoms with E-state index in [1.807, 2.05) is 0 Å². The van der Waals surface area contributed by atoms with Crippen LogP contribution in [0.15, 0.2) is 0 Å². The molecule has 4 nitrogen and oxygen atoms in total. The lowest BCUT2D eigenvalue weighted by molar-refractivity contribution is -0.139. The minimum atomic E-state index is 0.146. The lowest BCUT2D eigenvalue weighted by Gasteiger charge is -2.39. The Morgan fingerprint density at radius 3 is 2.35 bits per heavy atom. The molecule has 0 aromatic heterocycles. The highest BCUT2D eigenvalue weighted by Gasteiger charge is 2.55. The van der Waals surface area contributed by atoms with Gasteiger partial charge in [-0.05, 0) is 58.3 Å². The topological polar surface area (TPSA) is 51.5 Å². The molecular weight excluding hydrogens is 252 g/mol. The average molecular weight is 278 g/mol. The molecule has 1 aliphatic carbocycles. The standard InChI is InChI=1S/C16H26N2O2/c1-9(2)20-13-7-11-5-6-12(8-13)18(11)16(19)15-14(17-15)10-3-4-10/h9-15,17H,3-8H2,1-2H3/t11-,12+,13+,14-,15+/m0/s1. The largest absolute Gasteiger partial charge is 0.375 e. The van der Waals surface area contributed by atoms with Crippen molar-refractivity contribution in [1.29, 1.82) is 0 Å². The van der Waals surface area contributed by atoms with Crippen LogP contribution >= 0.6 is 0 Å². The van der Waals surface area contributed by atoms with Gasteiger partial charge in [0.1, 0.15) is 6.04 Å². The van der Waals surface area contributed by atoms with E-state index >= 15 is 0 Å². The predicted octanol–water partition coefficient (Wildman–Crippen LogP) is 1.68. The molecule has 20 heavy (non-hydrogen) atoms. The summed E-state index contributed by atoms with van der Waals surface area (Å²) >= 11 is 0. The van der Waals surface area contributed by atoms with Crippen LogP contribution in [0.3, 0.4) is 0 Å². The molecule has 2 bridgehead atoms. The van der Waals surface area contributed by atoms with Crippen LogP contribution in [0.4, 0.5) is 0 Å². The molecule has 3 aliphatic heterocycles. The fourth-order valence-corrected chi connectivity index (χ4v) is 4.38. The maximum absolute atomic E-state index is 12.7. The molecule has 4 rings (SSSR count). The summed E-state index contributed by atoms with van der Waals surface area (Å²) < 4.78 is 5.99. The van der Waals surface area contributed by atoms with E-state index in [9.17, 15) is 4.79 Å². The van der Waals surface area contributed by atoms with Gasteiger partial charge < -0.3 is 9.64 Å². The van der Waals surface area contributed by atoms with Crippen molar-refractivity contribution in [1.82, 2.24) is 10.2 Å². The Morgan fingerprint density at radius 1 is 1.15 bits per heavy atom. The van der Waals surface area contributed by atoms with Crippen molar-refractivity contribution in [3.05, 3.63) is 0 Å². The van der Waals surface area contributed by atoms with Crippen LogP contribution in [-0.4, -0.2) is 47.2 Å². The predicted molar refractivity (Wildman–Crippen MR) is 76.3 cm³/mol. The van der Waals surface area contributed by atoms with Crippen LogP contribution in [0.1, 0.15) is 52.4 Å². The molecule has 0 aromatic rings. The number of nitrogens with zero attached hydrogens (tertiary/aromatic N) is 1. The Balaban J connectivity index is 1.39. The summed E-state index contributed by atoms with van der Waals surface area (Å²) in [5, 5.41) is 3.42. The van der Waals surface area contributed by atoms with E-state index in [1.54, 1.807) is 0 Å². The number of carbonyl (C=O) groups is 1. The molecule has 5 atom stereocenters. The molecule has 4 heteroatoms. The summed E-state index contributed by atoms with van der Waals surface area (Å²) in [6.45, 7) is 4.21. The molecule has 4 aliphatic rings. The lowest BCUT2D eigenvalue weighted by atomic mass is 9.98. The van der Waals surface area contributed by atoms with E-state index in [0.29, 0.717) is 36.2 Å². The van der Waals surface area contributed by atoms with E-state index in [-0.39, 0.29) is 6.04 Å². The summed E-state index contributed by atoms with van der Waals surface area (Å²) in [5.41, 5.74) is 0. The van der Waals surface area contributed by atoms with E-state index in [1.165, 1.54) is 25.7 Å². The smallest absolute Gasteiger partial charge is 0.241 e. The Bertz CT molecular complexity index is 393. The second-order valence-electron chi connectivity index (χ2n) is 7.42. The summed E-state index contributed by atoms with van der Waals surface area (Å²) in [5.74, 6) is 1.18. The van der Waals surface area contributed by atoms with E-state index in [0.717, 1.165) is 18.8 Å². The molecule has 3 saturated heterocycles. The van der Waals surface area contributed by atoms with Crippen molar-refractivity contribution in [2.75, 3.05) is 0 Å². The van der Waals surface area contributed by atoms with Crippen LogP contribution in [-0.2, 0) is 9.53 Å². The average Bonchev–Trinajstić information content (AvgIpc) is 3.24. The molecule has 1 N–H and O–H groups in total. The van der Waals surface area contributed by atoms with Gasteiger partial charge in [0.25, 0.3) is 0 Å². The summed E-state index contributed by atoms with van der Waals surface area (Å²) in [4.78, 5) is 14.9. The number of hydrogen-bond acceptors (Lipinski definition) is 3. The van der Waals surface area contributed by atoms with E-state index < -0.39 is 0 Å².